The summed E-state index contributed by atoms with van der Waals surface area (Å²) in [6, 6.07) is 2.77. The predicted octanol–water partition coefficient (Wildman–Crippen LogP) is 2.26. The molecule has 4 nitrogen and oxygen atoms in total. The van der Waals surface area contributed by atoms with Crippen molar-refractivity contribution in [2.75, 3.05) is 5.75 Å². The van der Waals surface area contributed by atoms with Crippen molar-refractivity contribution in [3.63, 3.8) is 0 Å². The molecule has 1 N–H and O–H groups in total. The summed E-state index contributed by atoms with van der Waals surface area (Å²) in [5.74, 6) is -2.53. The first-order chi connectivity index (χ1) is 8.38. The Hall–Kier alpha value is -1.69. The van der Waals surface area contributed by atoms with Crippen LogP contribution in [0.3, 0.4) is 0 Å². The van der Waals surface area contributed by atoms with E-state index >= 15 is 0 Å². The molecule has 1 aromatic carbocycles. The first-order valence-electron chi connectivity index (χ1n) is 5.25. The number of unbranched alkanes of at least 4 members (excludes halogenated alkanes) is 1. The molecule has 0 unspecified atom stereocenters. The Labute approximate surface area is 105 Å². The van der Waals surface area contributed by atoms with Crippen molar-refractivity contribution in [1.82, 2.24) is 0 Å². The third-order valence-electron chi connectivity index (χ3n) is 2.34. The van der Waals surface area contributed by atoms with Crippen LogP contribution in [0.5, 0.6) is 0 Å². The number of hydrogen-bond acceptors (Lipinski definition) is 3. The van der Waals surface area contributed by atoms with Crippen LogP contribution in [-0.2, 0) is 9.84 Å². The molecule has 0 aromatic heterocycles. The number of carboxylic acids is 1. The number of hydrogen-bond donors (Lipinski definition) is 1. The lowest BCUT2D eigenvalue weighted by Gasteiger charge is -2.05. The van der Waals surface area contributed by atoms with Crippen LogP contribution in [0.2, 0.25) is 0 Å². The summed E-state index contributed by atoms with van der Waals surface area (Å²) in [4.78, 5) is 10.1. The summed E-state index contributed by atoms with van der Waals surface area (Å²) >= 11 is 0. The highest BCUT2D eigenvalue weighted by Crippen LogP contribution is 2.18. The molecule has 0 heterocycles. The van der Waals surface area contributed by atoms with E-state index in [0.717, 1.165) is 12.1 Å². The van der Waals surface area contributed by atoms with Gasteiger partial charge >= 0.3 is 5.97 Å². The summed E-state index contributed by atoms with van der Waals surface area (Å²) in [5, 5.41) is 8.65. The molecule has 0 amide bonds. The zero-order chi connectivity index (χ0) is 13.8. The van der Waals surface area contributed by atoms with E-state index in [0.29, 0.717) is 18.9 Å². The number of halogens is 1. The Morgan fingerprint density at radius 2 is 2.11 bits per heavy atom. The number of aromatic carboxylic acids is 1. The maximum Gasteiger partial charge on any atom is 0.335 e. The molecule has 0 saturated carbocycles. The van der Waals surface area contributed by atoms with Crippen molar-refractivity contribution in [2.24, 2.45) is 0 Å². The van der Waals surface area contributed by atoms with Crippen LogP contribution in [0.1, 0.15) is 23.2 Å². The maximum absolute atomic E-state index is 13.6. The molecule has 18 heavy (non-hydrogen) atoms. The summed E-state index contributed by atoms with van der Waals surface area (Å²) in [6.07, 6.45) is 2.46. The summed E-state index contributed by atoms with van der Waals surface area (Å²) in [7, 11) is -3.72. The van der Waals surface area contributed by atoms with E-state index in [1.54, 1.807) is 6.08 Å². The number of sulfone groups is 1. The Kier molecular flexibility index (Phi) is 4.61. The Bertz CT molecular complexity index is 563. The van der Waals surface area contributed by atoms with E-state index in [4.69, 9.17) is 5.11 Å². The molecule has 0 spiro atoms. The molecule has 6 heteroatoms. The Morgan fingerprint density at radius 1 is 1.44 bits per heavy atom. The van der Waals surface area contributed by atoms with E-state index < -0.39 is 26.5 Å². The average Bonchev–Trinajstić information content (AvgIpc) is 2.28. The smallest absolute Gasteiger partial charge is 0.335 e. The third kappa shape index (κ3) is 3.40. The van der Waals surface area contributed by atoms with Gasteiger partial charge in [-0.25, -0.2) is 17.6 Å². The zero-order valence-electron chi connectivity index (χ0n) is 9.60. The molecule has 1 aromatic rings. The largest absolute Gasteiger partial charge is 0.478 e. The first kappa shape index (κ1) is 14.4. The lowest BCUT2D eigenvalue weighted by molar-refractivity contribution is 0.0696. The van der Waals surface area contributed by atoms with E-state index in [9.17, 15) is 17.6 Å². The highest BCUT2D eigenvalue weighted by atomic mass is 32.2. The summed E-state index contributed by atoms with van der Waals surface area (Å²) in [5.41, 5.74) is -0.280. The molecule has 0 atom stereocenters. The molecule has 0 aliphatic rings. The van der Waals surface area contributed by atoms with Gasteiger partial charge in [0.25, 0.3) is 0 Å². The van der Waals surface area contributed by atoms with Gasteiger partial charge < -0.3 is 5.11 Å². The van der Waals surface area contributed by atoms with Gasteiger partial charge in [0, 0.05) is 0 Å². The van der Waals surface area contributed by atoms with E-state index in [1.165, 1.54) is 0 Å². The van der Waals surface area contributed by atoms with Gasteiger partial charge in [0.05, 0.1) is 11.3 Å². The monoisotopic (exact) mass is 272 g/mol. The van der Waals surface area contributed by atoms with Crippen molar-refractivity contribution in [3.8, 4) is 0 Å². The topological polar surface area (TPSA) is 71.4 Å². The molecule has 0 radical (unpaired) electrons. The van der Waals surface area contributed by atoms with E-state index in [1.807, 2.05) is 0 Å². The zero-order valence-corrected chi connectivity index (χ0v) is 10.4. The van der Waals surface area contributed by atoms with Crippen molar-refractivity contribution in [1.29, 1.82) is 0 Å². The van der Waals surface area contributed by atoms with Crippen LogP contribution in [0.4, 0.5) is 4.39 Å². The third-order valence-corrected chi connectivity index (χ3v) is 4.16. The van der Waals surface area contributed by atoms with Crippen LogP contribution in [0, 0.1) is 5.82 Å². The van der Waals surface area contributed by atoms with E-state index in [-0.39, 0.29) is 11.3 Å². The number of carbonyl (C=O) groups is 1. The van der Waals surface area contributed by atoms with Crippen LogP contribution in [0.25, 0.3) is 0 Å². The number of rotatable bonds is 6. The fourth-order valence-corrected chi connectivity index (χ4v) is 2.81. The fourth-order valence-electron chi connectivity index (χ4n) is 1.41. The first-order valence-corrected chi connectivity index (χ1v) is 6.90. The second kappa shape index (κ2) is 5.77. The van der Waals surface area contributed by atoms with E-state index in [2.05, 4.69) is 6.58 Å². The van der Waals surface area contributed by atoms with Gasteiger partial charge in [-0.3, -0.25) is 0 Å². The van der Waals surface area contributed by atoms with Gasteiger partial charge in [0.1, 0.15) is 10.7 Å². The maximum atomic E-state index is 13.6. The SMILES string of the molecule is C=CCCCS(=O)(=O)c1ccc(C(=O)O)cc1F. The second-order valence-corrected chi connectivity index (χ2v) is 5.78. The van der Waals surface area contributed by atoms with Gasteiger partial charge in [-0.05, 0) is 31.0 Å². The molecule has 0 bridgehead atoms. The molecule has 0 fully saturated rings. The van der Waals surface area contributed by atoms with Crippen molar-refractivity contribution < 1.29 is 22.7 Å². The number of benzene rings is 1. The van der Waals surface area contributed by atoms with Crippen molar-refractivity contribution in [3.05, 3.63) is 42.2 Å². The summed E-state index contributed by atoms with van der Waals surface area (Å²) in [6.45, 7) is 3.47. The lowest BCUT2D eigenvalue weighted by Crippen LogP contribution is -2.10. The minimum Gasteiger partial charge on any atom is -0.478 e. The summed E-state index contributed by atoms with van der Waals surface area (Å²) < 4.78 is 37.1. The van der Waals surface area contributed by atoms with Gasteiger partial charge in [-0.15, -0.1) is 6.58 Å². The molecule has 98 valence electrons. The normalized spacial score (nSPS) is 11.2. The van der Waals surface area contributed by atoms with Crippen LogP contribution >= 0.6 is 0 Å². The molecular formula is C12H13FO4S. The molecule has 0 aliphatic heterocycles. The number of allylic oxidation sites excluding steroid dienone is 1. The molecule has 0 aliphatic carbocycles. The van der Waals surface area contributed by atoms with Crippen molar-refractivity contribution >= 4 is 15.8 Å². The van der Waals surface area contributed by atoms with Gasteiger partial charge in [-0.1, -0.05) is 6.08 Å². The Balaban J connectivity index is 3.02. The second-order valence-electron chi connectivity index (χ2n) is 3.70. The minimum absolute atomic E-state index is 0.192. The highest BCUT2D eigenvalue weighted by Gasteiger charge is 2.19. The molecular weight excluding hydrogens is 259 g/mol. The standard InChI is InChI=1S/C12H13FO4S/c1-2-3-4-7-18(16,17)11-6-5-9(12(14)15)8-10(11)13/h2,5-6,8H,1,3-4,7H2,(H,14,15). The van der Waals surface area contributed by atoms with Crippen LogP contribution in [0.15, 0.2) is 35.7 Å². The highest BCUT2D eigenvalue weighted by molar-refractivity contribution is 7.91. The number of carboxylic acid groups (broad SMARTS) is 1. The van der Waals surface area contributed by atoms with Crippen LogP contribution < -0.4 is 0 Å². The molecule has 0 saturated heterocycles. The van der Waals surface area contributed by atoms with Gasteiger partial charge in [0.2, 0.25) is 0 Å². The quantitative estimate of drug-likeness (QED) is 0.637. The lowest BCUT2D eigenvalue weighted by atomic mass is 10.2. The molecule has 1 rings (SSSR count). The van der Waals surface area contributed by atoms with Gasteiger partial charge in [-0.2, -0.15) is 0 Å². The minimum atomic E-state index is -3.72. The Morgan fingerprint density at radius 3 is 2.61 bits per heavy atom. The van der Waals surface area contributed by atoms with Crippen molar-refractivity contribution in [2.45, 2.75) is 17.7 Å². The van der Waals surface area contributed by atoms with Gasteiger partial charge in [0.15, 0.2) is 9.84 Å². The predicted molar refractivity (Wildman–Crippen MR) is 64.8 cm³/mol. The average molecular weight is 272 g/mol. The fraction of sp³-hybridized carbons (Fsp3) is 0.250. The van der Waals surface area contributed by atoms with Crippen LogP contribution in [-0.4, -0.2) is 25.2 Å².